The second-order valence-corrected chi connectivity index (χ2v) is 4.07. The number of halogens is 4. The largest absolute Gasteiger partial charge is 0.497 e. The molecule has 0 aliphatic carbocycles. The molecule has 0 aliphatic rings. The van der Waals surface area contributed by atoms with E-state index >= 15 is 0 Å². The Balaban J connectivity index is 3.33. The van der Waals surface area contributed by atoms with Crippen LogP contribution in [0.3, 0.4) is 0 Å². The molecule has 0 bridgehead atoms. The first-order valence-corrected chi connectivity index (χ1v) is 5.99. The van der Waals surface area contributed by atoms with Gasteiger partial charge in [0.25, 0.3) is 0 Å². The molecule has 1 aromatic carbocycles. The fraction of sp³-hybridized carbons (Fsp3) is 0.538. The van der Waals surface area contributed by atoms with Gasteiger partial charge in [-0.15, -0.1) is 0 Å². The van der Waals surface area contributed by atoms with Crippen LogP contribution in [0, 0.1) is 0 Å². The molecule has 1 aromatic rings. The number of hydrogen-bond donors (Lipinski definition) is 1. The van der Waals surface area contributed by atoms with Crippen LogP contribution in [0.1, 0.15) is 18.5 Å². The zero-order valence-corrected chi connectivity index (χ0v) is 11.4. The third-order valence-corrected chi connectivity index (χ3v) is 2.83. The minimum atomic E-state index is -4.23. The van der Waals surface area contributed by atoms with Gasteiger partial charge in [0, 0.05) is 5.56 Å². The first kappa shape index (κ1) is 16.6. The smallest absolute Gasteiger partial charge is 0.326 e. The van der Waals surface area contributed by atoms with E-state index in [1.807, 2.05) is 0 Å². The molecule has 0 amide bonds. The molecule has 1 unspecified atom stereocenters. The molecule has 1 N–H and O–H groups in total. The van der Waals surface area contributed by atoms with E-state index < -0.39 is 18.4 Å². The van der Waals surface area contributed by atoms with Crippen LogP contribution in [0.2, 0.25) is 0 Å². The van der Waals surface area contributed by atoms with Gasteiger partial charge in [0.15, 0.2) is 0 Å². The monoisotopic (exact) mass is 295 g/mol. The third kappa shape index (κ3) is 3.33. The molecule has 0 radical (unpaired) electrons. The Morgan fingerprint density at radius 3 is 2.30 bits per heavy atom. The maximum atomic E-state index is 13.7. The van der Waals surface area contributed by atoms with E-state index in [0.29, 0.717) is 0 Å². The minimum absolute atomic E-state index is 0.0704. The highest BCUT2D eigenvalue weighted by Gasteiger charge is 2.50. The summed E-state index contributed by atoms with van der Waals surface area (Å²) < 4.78 is 62.6. The minimum Gasteiger partial charge on any atom is -0.497 e. The molecule has 114 valence electrons. The van der Waals surface area contributed by atoms with Crippen LogP contribution >= 0.6 is 0 Å². The summed E-state index contributed by atoms with van der Waals surface area (Å²) >= 11 is 0. The Kier molecular flexibility index (Phi) is 5.62. The average Bonchev–Trinajstić information content (AvgIpc) is 2.43. The summed E-state index contributed by atoms with van der Waals surface area (Å²) in [5.41, 5.74) is -0.0704. The highest BCUT2D eigenvalue weighted by Crippen LogP contribution is 2.41. The average molecular weight is 295 g/mol. The van der Waals surface area contributed by atoms with Crippen LogP contribution in [0.25, 0.3) is 0 Å². The summed E-state index contributed by atoms with van der Waals surface area (Å²) in [7, 11) is 2.65. The molecule has 1 rings (SSSR count). The number of rotatable bonds is 7. The van der Waals surface area contributed by atoms with E-state index in [-0.39, 0.29) is 23.6 Å². The predicted molar refractivity (Wildman–Crippen MR) is 66.9 cm³/mol. The lowest BCUT2D eigenvalue weighted by Crippen LogP contribution is -2.42. The van der Waals surface area contributed by atoms with Crippen molar-refractivity contribution >= 4 is 0 Å². The van der Waals surface area contributed by atoms with Gasteiger partial charge < -0.3 is 14.8 Å². The van der Waals surface area contributed by atoms with Gasteiger partial charge in [-0.1, -0.05) is 6.92 Å². The Labute approximate surface area is 114 Å². The number of alkyl halides is 4. The SMILES string of the molecule is CCNC(c1cc(OC)ccc1OC)C(F)(F)C(F)F. The van der Waals surface area contributed by atoms with E-state index in [0.717, 1.165) is 0 Å². The van der Waals surface area contributed by atoms with Gasteiger partial charge in [-0.3, -0.25) is 0 Å². The van der Waals surface area contributed by atoms with Crippen molar-refractivity contribution in [1.29, 1.82) is 0 Å². The summed E-state index contributed by atoms with van der Waals surface area (Å²) in [4.78, 5) is 0. The molecule has 3 nitrogen and oxygen atoms in total. The highest BCUT2D eigenvalue weighted by atomic mass is 19.3. The molecule has 7 heteroatoms. The van der Waals surface area contributed by atoms with Crippen molar-refractivity contribution in [2.75, 3.05) is 20.8 Å². The first-order valence-electron chi connectivity index (χ1n) is 5.99. The number of ether oxygens (including phenoxy) is 2. The number of nitrogens with one attached hydrogen (secondary N) is 1. The molecule has 20 heavy (non-hydrogen) atoms. The van der Waals surface area contributed by atoms with Gasteiger partial charge in [0.05, 0.1) is 14.2 Å². The number of methoxy groups -OCH3 is 2. The van der Waals surface area contributed by atoms with Crippen molar-refractivity contribution in [3.05, 3.63) is 23.8 Å². The fourth-order valence-corrected chi connectivity index (χ4v) is 1.85. The molecule has 1 atom stereocenters. The Bertz CT molecular complexity index is 440. The fourth-order valence-electron chi connectivity index (χ4n) is 1.85. The van der Waals surface area contributed by atoms with Crippen LogP contribution in [-0.4, -0.2) is 33.1 Å². The molecule has 0 aromatic heterocycles. The van der Waals surface area contributed by atoms with Crippen LogP contribution in [0.15, 0.2) is 18.2 Å². The normalized spacial score (nSPS) is 13.4. The lowest BCUT2D eigenvalue weighted by atomic mass is 9.99. The van der Waals surface area contributed by atoms with Gasteiger partial charge >= 0.3 is 12.3 Å². The van der Waals surface area contributed by atoms with E-state index in [4.69, 9.17) is 9.47 Å². The molecule has 0 spiro atoms. The van der Waals surface area contributed by atoms with E-state index in [9.17, 15) is 17.6 Å². The van der Waals surface area contributed by atoms with Gasteiger partial charge in [0.2, 0.25) is 0 Å². The summed E-state index contributed by atoms with van der Waals surface area (Å²) in [5, 5.41) is 2.38. The Morgan fingerprint density at radius 1 is 1.20 bits per heavy atom. The van der Waals surface area contributed by atoms with E-state index in [1.165, 1.54) is 32.4 Å². The van der Waals surface area contributed by atoms with Crippen molar-refractivity contribution in [3.8, 4) is 11.5 Å². The summed E-state index contributed by atoms with van der Waals surface area (Å²) in [6.45, 7) is 1.66. The van der Waals surface area contributed by atoms with Crippen molar-refractivity contribution < 1.29 is 27.0 Å². The zero-order chi connectivity index (χ0) is 15.3. The summed E-state index contributed by atoms with van der Waals surface area (Å²) in [5.74, 6) is -3.85. The molecule has 0 heterocycles. The maximum Gasteiger partial charge on any atom is 0.326 e. The summed E-state index contributed by atoms with van der Waals surface area (Å²) in [6.07, 6.45) is -3.79. The van der Waals surface area contributed by atoms with Crippen LogP contribution in [0.5, 0.6) is 11.5 Å². The lowest BCUT2D eigenvalue weighted by Gasteiger charge is -2.28. The van der Waals surface area contributed by atoms with Gasteiger partial charge in [-0.05, 0) is 24.7 Å². The highest BCUT2D eigenvalue weighted by molar-refractivity contribution is 5.43. The van der Waals surface area contributed by atoms with Gasteiger partial charge in [0.1, 0.15) is 17.5 Å². The maximum absolute atomic E-state index is 13.7. The third-order valence-electron chi connectivity index (χ3n) is 2.83. The topological polar surface area (TPSA) is 30.5 Å². The molecule has 0 saturated heterocycles. The van der Waals surface area contributed by atoms with Crippen LogP contribution in [-0.2, 0) is 0 Å². The number of hydrogen-bond acceptors (Lipinski definition) is 3. The first-order chi connectivity index (χ1) is 9.38. The molecule has 0 fully saturated rings. The van der Waals surface area contributed by atoms with Gasteiger partial charge in [-0.2, -0.15) is 8.78 Å². The van der Waals surface area contributed by atoms with Crippen molar-refractivity contribution in [3.63, 3.8) is 0 Å². The predicted octanol–water partition coefficient (Wildman–Crippen LogP) is 3.25. The summed E-state index contributed by atoms with van der Waals surface area (Å²) in [6, 6.07) is 2.31. The second kappa shape index (κ2) is 6.78. The van der Waals surface area contributed by atoms with Crippen molar-refractivity contribution in [2.45, 2.75) is 25.3 Å². The van der Waals surface area contributed by atoms with E-state index in [2.05, 4.69) is 5.32 Å². The Morgan fingerprint density at radius 2 is 1.85 bits per heavy atom. The van der Waals surface area contributed by atoms with Gasteiger partial charge in [-0.25, -0.2) is 8.78 Å². The van der Waals surface area contributed by atoms with E-state index in [1.54, 1.807) is 6.92 Å². The molecule has 0 saturated carbocycles. The molecular formula is C13H17F4NO2. The Hall–Kier alpha value is -1.50. The van der Waals surface area contributed by atoms with Crippen molar-refractivity contribution in [1.82, 2.24) is 5.32 Å². The lowest BCUT2D eigenvalue weighted by molar-refractivity contribution is -0.151. The molecule has 0 aliphatic heterocycles. The molecular weight excluding hydrogens is 278 g/mol. The second-order valence-electron chi connectivity index (χ2n) is 4.07. The number of benzene rings is 1. The van der Waals surface area contributed by atoms with Crippen LogP contribution < -0.4 is 14.8 Å². The van der Waals surface area contributed by atoms with Crippen molar-refractivity contribution in [2.24, 2.45) is 0 Å². The quantitative estimate of drug-likeness (QED) is 0.783. The standard InChI is InChI=1S/C13H17F4NO2/c1-4-18-11(13(16,17)12(14)15)9-7-8(19-2)5-6-10(9)20-3/h5-7,11-12,18H,4H2,1-3H3. The zero-order valence-electron chi connectivity index (χ0n) is 11.4. The van der Waals surface area contributed by atoms with Crippen LogP contribution in [0.4, 0.5) is 17.6 Å².